The summed E-state index contributed by atoms with van der Waals surface area (Å²) in [4.78, 5) is 12.1. The molecule has 0 unspecified atom stereocenters. The largest absolute Gasteiger partial charge is 0.497 e. The van der Waals surface area contributed by atoms with Gasteiger partial charge in [0.1, 0.15) is 11.5 Å². The van der Waals surface area contributed by atoms with Gasteiger partial charge in [-0.1, -0.05) is 41.6 Å². The zero-order valence-corrected chi connectivity index (χ0v) is 11.9. The number of ether oxygens (including phenoxy) is 1. The number of nitrogens with one attached hydrogen (secondary N) is 1. The quantitative estimate of drug-likeness (QED) is 0.504. The van der Waals surface area contributed by atoms with Gasteiger partial charge in [-0.25, -0.2) is 5.43 Å². The average Bonchev–Trinajstić information content (AvgIpc) is 2.59. The highest BCUT2D eigenvalue weighted by molar-refractivity contribution is 6.38. The molecule has 0 heterocycles. The predicted molar refractivity (Wildman–Crippen MR) is 83.7 cm³/mol. The number of hydrazone groups is 1. The summed E-state index contributed by atoms with van der Waals surface area (Å²) < 4.78 is 5.07. The van der Waals surface area contributed by atoms with Gasteiger partial charge < -0.3 is 9.94 Å². The maximum atomic E-state index is 12.1. The number of amides is 1. The summed E-state index contributed by atoms with van der Waals surface area (Å²) in [6.07, 6.45) is 1.15. The molecule has 0 aromatic heterocycles. The summed E-state index contributed by atoms with van der Waals surface area (Å²) in [6.45, 7) is 0. The van der Waals surface area contributed by atoms with Crippen LogP contribution in [0, 0.1) is 0 Å². The first-order chi connectivity index (χ1) is 10.7. The number of methoxy groups -OCH3 is 1. The third-order valence-corrected chi connectivity index (χ3v) is 2.86. The van der Waals surface area contributed by atoms with Crippen LogP contribution in [0.15, 0.2) is 64.9 Å². The van der Waals surface area contributed by atoms with E-state index < -0.39 is 5.91 Å². The fraction of sp³-hybridized carbons (Fsp3) is 0.0625. The van der Waals surface area contributed by atoms with E-state index >= 15 is 0 Å². The Morgan fingerprint density at radius 2 is 1.86 bits per heavy atom. The Morgan fingerprint density at radius 1 is 1.14 bits per heavy atom. The Kier molecular flexibility index (Phi) is 5.25. The molecule has 6 heteroatoms. The number of oxime groups is 1. The third kappa shape index (κ3) is 3.92. The molecule has 0 bridgehead atoms. The van der Waals surface area contributed by atoms with Gasteiger partial charge >= 0.3 is 0 Å². The Balaban J connectivity index is 2.18. The predicted octanol–water partition coefficient (Wildman–Crippen LogP) is 2.29. The number of nitrogens with zero attached hydrogens (tertiary/aromatic N) is 2. The van der Waals surface area contributed by atoms with E-state index in [1.807, 2.05) is 18.2 Å². The van der Waals surface area contributed by atoms with Crippen LogP contribution >= 0.6 is 0 Å². The van der Waals surface area contributed by atoms with Crippen molar-refractivity contribution in [1.29, 1.82) is 0 Å². The van der Waals surface area contributed by atoms with E-state index in [1.165, 1.54) is 7.11 Å². The standard InChI is InChI=1S/C16H15N3O3/c1-22-14-9-5-8-13(10-14)16(20)19-18-15(11-17-21)12-6-3-2-4-7-12/h2-11,21H,1H3,(H,19,20). The second-order valence-corrected chi connectivity index (χ2v) is 4.28. The van der Waals surface area contributed by atoms with E-state index in [4.69, 9.17) is 9.94 Å². The Morgan fingerprint density at radius 3 is 2.55 bits per heavy atom. The lowest BCUT2D eigenvalue weighted by molar-refractivity contribution is 0.0954. The Bertz CT molecular complexity index is 697. The van der Waals surface area contributed by atoms with E-state index in [-0.39, 0.29) is 0 Å². The maximum absolute atomic E-state index is 12.1. The molecule has 0 radical (unpaired) electrons. The summed E-state index contributed by atoms with van der Waals surface area (Å²) in [5.41, 5.74) is 3.88. The minimum atomic E-state index is -0.390. The molecule has 2 aromatic carbocycles. The molecule has 0 spiro atoms. The molecular formula is C16H15N3O3. The summed E-state index contributed by atoms with van der Waals surface area (Å²) in [5.74, 6) is 0.190. The van der Waals surface area contributed by atoms with Crippen molar-refractivity contribution in [3.8, 4) is 5.75 Å². The third-order valence-electron chi connectivity index (χ3n) is 2.86. The molecule has 0 atom stereocenters. The first kappa shape index (κ1) is 15.2. The van der Waals surface area contributed by atoms with E-state index in [0.717, 1.165) is 6.21 Å². The molecule has 0 saturated carbocycles. The van der Waals surface area contributed by atoms with Crippen molar-refractivity contribution in [1.82, 2.24) is 5.43 Å². The first-order valence-electron chi connectivity index (χ1n) is 6.49. The van der Waals surface area contributed by atoms with Gasteiger partial charge in [0.15, 0.2) is 0 Å². The van der Waals surface area contributed by atoms with Crippen molar-refractivity contribution in [3.05, 3.63) is 65.7 Å². The van der Waals surface area contributed by atoms with Crippen molar-refractivity contribution in [2.45, 2.75) is 0 Å². The maximum Gasteiger partial charge on any atom is 0.271 e. The topological polar surface area (TPSA) is 83.3 Å². The number of hydrogen-bond acceptors (Lipinski definition) is 5. The molecule has 1 amide bonds. The van der Waals surface area contributed by atoms with Gasteiger partial charge in [0.2, 0.25) is 0 Å². The number of benzene rings is 2. The van der Waals surface area contributed by atoms with Gasteiger partial charge in [0.25, 0.3) is 5.91 Å². The highest BCUT2D eigenvalue weighted by atomic mass is 16.5. The number of carbonyl (C=O) groups excluding carboxylic acids is 1. The molecule has 2 N–H and O–H groups in total. The van der Waals surface area contributed by atoms with Gasteiger partial charge in [0, 0.05) is 11.1 Å². The fourth-order valence-electron chi connectivity index (χ4n) is 1.77. The zero-order chi connectivity index (χ0) is 15.8. The molecule has 0 aliphatic rings. The van der Waals surface area contributed by atoms with E-state index in [0.29, 0.717) is 22.6 Å². The minimum absolute atomic E-state index is 0.333. The molecule has 0 saturated heterocycles. The normalized spacial score (nSPS) is 11.4. The highest BCUT2D eigenvalue weighted by Crippen LogP contribution is 2.12. The molecule has 0 aliphatic carbocycles. The molecule has 22 heavy (non-hydrogen) atoms. The molecular weight excluding hydrogens is 282 g/mol. The van der Waals surface area contributed by atoms with Gasteiger partial charge in [0.05, 0.1) is 13.3 Å². The van der Waals surface area contributed by atoms with Crippen LogP contribution in [0.5, 0.6) is 5.75 Å². The van der Waals surface area contributed by atoms with Gasteiger partial charge in [-0.3, -0.25) is 4.79 Å². The number of hydrogen-bond donors (Lipinski definition) is 2. The lowest BCUT2D eigenvalue weighted by Crippen LogP contribution is -2.20. The van der Waals surface area contributed by atoms with Crippen molar-refractivity contribution in [2.75, 3.05) is 7.11 Å². The van der Waals surface area contributed by atoms with Gasteiger partial charge in [-0.05, 0) is 18.2 Å². The summed E-state index contributed by atoms with van der Waals surface area (Å²) in [5, 5.41) is 15.7. The van der Waals surface area contributed by atoms with Crippen LogP contribution in [0.3, 0.4) is 0 Å². The van der Waals surface area contributed by atoms with Gasteiger partial charge in [-0.2, -0.15) is 5.10 Å². The average molecular weight is 297 g/mol. The lowest BCUT2D eigenvalue weighted by Gasteiger charge is -2.04. The van der Waals surface area contributed by atoms with Crippen molar-refractivity contribution < 1.29 is 14.7 Å². The van der Waals surface area contributed by atoms with E-state index in [1.54, 1.807) is 36.4 Å². The zero-order valence-electron chi connectivity index (χ0n) is 11.9. The molecule has 2 rings (SSSR count). The van der Waals surface area contributed by atoms with E-state index in [2.05, 4.69) is 15.7 Å². The summed E-state index contributed by atoms with van der Waals surface area (Å²) in [7, 11) is 1.53. The molecule has 6 nitrogen and oxygen atoms in total. The van der Waals surface area contributed by atoms with Crippen LogP contribution in [0.25, 0.3) is 0 Å². The van der Waals surface area contributed by atoms with Crippen molar-refractivity contribution >= 4 is 17.8 Å². The van der Waals surface area contributed by atoms with Crippen molar-refractivity contribution in [3.63, 3.8) is 0 Å². The summed E-state index contributed by atoms with van der Waals surface area (Å²) in [6, 6.07) is 15.8. The Labute approximate surface area is 127 Å². The minimum Gasteiger partial charge on any atom is -0.497 e. The second kappa shape index (κ2) is 7.58. The second-order valence-electron chi connectivity index (χ2n) is 4.28. The SMILES string of the molecule is COc1cccc(C(=O)NN=C(C=NO)c2ccccc2)c1. The fourth-order valence-corrected chi connectivity index (χ4v) is 1.77. The lowest BCUT2D eigenvalue weighted by atomic mass is 10.1. The number of carbonyl (C=O) groups is 1. The van der Waals surface area contributed by atoms with Gasteiger partial charge in [-0.15, -0.1) is 0 Å². The molecule has 112 valence electrons. The number of rotatable bonds is 5. The van der Waals surface area contributed by atoms with Crippen LogP contribution < -0.4 is 10.2 Å². The summed E-state index contributed by atoms with van der Waals surface area (Å²) >= 11 is 0. The van der Waals surface area contributed by atoms with Crippen LogP contribution in [-0.4, -0.2) is 30.2 Å². The molecule has 0 aliphatic heterocycles. The first-order valence-corrected chi connectivity index (χ1v) is 6.49. The highest BCUT2D eigenvalue weighted by Gasteiger charge is 2.07. The molecule has 2 aromatic rings. The van der Waals surface area contributed by atoms with Crippen LogP contribution in [0.2, 0.25) is 0 Å². The smallest absolute Gasteiger partial charge is 0.271 e. The van der Waals surface area contributed by atoms with Crippen LogP contribution in [0.4, 0.5) is 0 Å². The van der Waals surface area contributed by atoms with E-state index in [9.17, 15) is 4.79 Å². The molecule has 0 fully saturated rings. The monoisotopic (exact) mass is 297 g/mol. The Hall–Kier alpha value is -3.15. The van der Waals surface area contributed by atoms with Crippen LogP contribution in [0.1, 0.15) is 15.9 Å². The van der Waals surface area contributed by atoms with Crippen LogP contribution in [-0.2, 0) is 0 Å². The van der Waals surface area contributed by atoms with Crippen molar-refractivity contribution in [2.24, 2.45) is 10.3 Å².